The molecule has 3 rings (SSSR count). The van der Waals surface area contributed by atoms with Gasteiger partial charge in [0, 0.05) is 23.5 Å². The van der Waals surface area contributed by atoms with Crippen LogP contribution in [0.25, 0.3) is 0 Å². The van der Waals surface area contributed by atoms with E-state index in [1.807, 2.05) is 38.1 Å². The average molecular weight is 370 g/mol. The highest BCUT2D eigenvalue weighted by Gasteiger charge is 2.08. The van der Waals surface area contributed by atoms with Crippen molar-refractivity contribution in [2.45, 2.75) is 26.9 Å². The number of hydrogen-bond donors (Lipinski definition) is 2. The van der Waals surface area contributed by atoms with Crippen molar-refractivity contribution in [3.05, 3.63) is 65.9 Å². The Morgan fingerprint density at radius 2 is 1.67 bits per heavy atom. The quantitative estimate of drug-likeness (QED) is 0.613. The summed E-state index contributed by atoms with van der Waals surface area (Å²) in [6.45, 7) is 5.73. The third-order valence-electron chi connectivity index (χ3n) is 3.53. The first-order valence-electron chi connectivity index (χ1n) is 8.50. The minimum absolute atomic E-state index is 0.101. The molecule has 0 spiro atoms. The highest BCUT2D eigenvalue weighted by Crippen LogP contribution is 2.23. The van der Waals surface area contributed by atoms with E-state index >= 15 is 0 Å². The molecule has 27 heavy (non-hydrogen) atoms. The molecule has 0 bridgehead atoms. The molecule has 0 saturated carbocycles. The average Bonchev–Trinajstić information content (AvgIpc) is 2.58. The third-order valence-corrected chi connectivity index (χ3v) is 3.53. The maximum Gasteiger partial charge on any atom is 0.229 e. The predicted molar refractivity (Wildman–Crippen MR) is 102 cm³/mol. The highest BCUT2D eigenvalue weighted by molar-refractivity contribution is 5.61. The number of aryl methyl sites for hydroxylation is 1. The number of nitrogens with one attached hydrogen (secondary N) is 2. The van der Waals surface area contributed by atoms with Crippen LogP contribution >= 0.6 is 0 Å². The second kappa shape index (κ2) is 7.99. The van der Waals surface area contributed by atoms with Gasteiger partial charge in [0.05, 0.1) is 11.8 Å². The van der Waals surface area contributed by atoms with Gasteiger partial charge < -0.3 is 15.4 Å². The smallest absolute Gasteiger partial charge is 0.229 e. The number of nitrogens with zero attached hydrogens (tertiary/aromatic N) is 2. The van der Waals surface area contributed by atoms with Gasteiger partial charge in [0.1, 0.15) is 23.2 Å². The lowest BCUT2D eigenvalue weighted by atomic mass is 10.3. The Bertz CT molecular complexity index is 930. The maximum atomic E-state index is 13.8. The van der Waals surface area contributed by atoms with Gasteiger partial charge >= 0.3 is 0 Å². The summed E-state index contributed by atoms with van der Waals surface area (Å²) in [7, 11) is 0. The Morgan fingerprint density at radius 1 is 0.926 bits per heavy atom. The zero-order valence-corrected chi connectivity index (χ0v) is 15.3. The van der Waals surface area contributed by atoms with E-state index in [0.29, 0.717) is 17.5 Å². The monoisotopic (exact) mass is 370 g/mol. The van der Waals surface area contributed by atoms with Crippen LogP contribution in [-0.2, 0) is 0 Å². The molecule has 0 atom stereocenters. The van der Waals surface area contributed by atoms with E-state index in [1.54, 1.807) is 13.0 Å². The fourth-order valence-corrected chi connectivity index (χ4v) is 2.44. The molecule has 0 saturated heterocycles. The van der Waals surface area contributed by atoms with Crippen molar-refractivity contribution in [1.82, 2.24) is 9.97 Å². The van der Waals surface area contributed by atoms with Crippen molar-refractivity contribution < 1.29 is 13.5 Å². The topological polar surface area (TPSA) is 59.1 Å². The number of rotatable bonds is 6. The van der Waals surface area contributed by atoms with Crippen molar-refractivity contribution >= 4 is 23.1 Å². The molecular formula is C20H20F2N4O. The van der Waals surface area contributed by atoms with E-state index in [4.69, 9.17) is 4.74 Å². The van der Waals surface area contributed by atoms with E-state index in [2.05, 4.69) is 20.6 Å². The van der Waals surface area contributed by atoms with Gasteiger partial charge in [0.2, 0.25) is 5.95 Å². The van der Waals surface area contributed by atoms with Crippen molar-refractivity contribution in [3.63, 3.8) is 0 Å². The van der Waals surface area contributed by atoms with Gasteiger partial charge in [0.25, 0.3) is 0 Å². The van der Waals surface area contributed by atoms with Gasteiger partial charge in [-0.3, -0.25) is 0 Å². The molecule has 0 radical (unpaired) electrons. The molecule has 5 nitrogen and oxygen atoms in total. The van der Waals surface area contributed by atoms with E-state index in [0.717, 1.165) is 17.5 Å². The molecule has 7 heteroatoms. The Balaban J connectivity index is 1.77. The van der Waals surface area contributed by atoms with E-state index in [-0.39, 0.29) is 11.8 Å². The Labute approximate surface area is 156 Å². The second-order valence-electron chi connectivity index (χ2n) is 6.28. The summed E-state index contributed by atoms with van der Waals surface area (Å²) < 4.78 is 32.5. The number of aromatic nitrogens is 2. The van der Waals surface area contributed by atoms with Crippen LogP contribution in [-0.4, -0.2) is 16.1 Å². The van der Waals surface area contributed by atoms with Gasteiger partial charge in [-0.15, -0.1) is 0 Å². The Hall–Kier alpha value is -3.22. The van der Waals surface area contributed by atoms with Gasteiger partial charge in [-0.2, -0.15) is 4.98 Å². The van der Waals surface area contributed by atoms with Gasteiger partial charge in [-0.1, -0.05) is 0 Å². The fraction of sp³-hybridized carbons (Fsp3) is 0.200. The van der Waals surface area contributed by atoms with E-state index in [9.17, 15) is 8.78 Å². The lowest BCUT2D eigenvalue weighted by Gasteiger charge is -2.12. The van der Waals surface area contributed by atoms with Gasteiger partial charge in [-0.25, -0.2) is 13.8 Å². The molecule has 0 aliphatic heterocycles. The molecule has 1 heterocycles. The molecule has 140 valence electrons. The van der Waals surface area contributed by atoms with Crippen LogP contribution in [0, 0.1) is 18.6 Å². The second-order valence-corrected chi connectivity index (χ2v) is 6.28. The van der Waals surface area contributed by atoms with Crippen molar-refractivity contribution in [2.24, 2.45) is 0 Å². The standard InChI is InChI=1S/C20H20F2N4O/c1-12(2)27-16-7-5-15(6-8-16)24-20-23-13(3)10-19(26-20)25-18-9-4-14(21)11-17(18)22/h4-12H,1-3H3,(H2,23,24,25,26). The SMILES string of the molecule is Cc1cc(Nc2ccc(F)cc2F)nc(Nc2ccc(OC(C)C)cc2)n1. The summed E-state index contributed by atoms with van der Waals surface area (Å²) in [5.74, 6) is 0.202. The van der Waals surface area contributed by atoms with Crippen LogP contribution in [0.3, 0.4) is 0 Å². The van der Waals surface area contributed by atoms with Crippen LogP contribution in [0.5, 0.6) is 5.75 Å². The zero-order valence-electron chi connectivity index (χ0n) is 15.3. The van der Waals surface area contributed by atoms with E-state index in [1.165, 1.54) is 12.1 Å². The summed E-state index contributed by atoms with van der Waals surface area (Å²) in [6.07, 6.45) is 0.101. The lowest BCUT2D eigenvalue weighted by molar-refractivity contribution is 0.242. The number of anilines is 4. The Morgan fingerprint density at radius 3 is 2.33 bits per heavy atom. The summed E-state index contributed by atoms with van der Waals surface area (Å²) in [5, 5.41) is 5.95. The van der Waals surface area contributed by atoms with Crippen LogP contribution in [0.2, 0.25) is 0 Å². The predicted octanol–water partition coefficient (Wildman–Crippen LogP) is 5.34. The molecule has 2 N–H and O–H groups in total. The molecule has 0 aliphatic carbocycles. The summed E-state index contributed by atoms with van der Waals surface area (Å²) in [5.41, 5.74) is 1.61. The van der Waals surface area contributed by atoms with Crippen molar-refractivity contribution in [3.8, 4) is 5.75 Å². The molecule has 0 aliphatic rings. The van der Waals surface area contributed by atoms with Crippen LogP contribution in [0.1, 0.15) is 19.5 Å². The lowest BCUT2D eigenvalue weighted by Crippen LogP contribution is -2.05. The molecule has 2 aromatic carbocycles. The minimum atomic E-state index is -0.693. The van der Waals surface area contributed by atoms with Crippen LogP contribution in [0.15, 0.2) is 48.5 Å². The molecule has 3 aromatic rings. The Kier molecular flexibility index (Phi) is 5.49. The highest BCUT2D eigenvalue weighted by atomic mass is 19.1. The maximum absolute atomic E-state index is 13.8. The first kappa shape index (κ1) is 18.6. The minimum Gasteiger partial charge on any atom is -0.491 e. The third kappa shape index (κ3) is 5.13. The van der Waals surface area contributed by atoms with Crippen LogP contribution < -0.4 is 15.4 Å². The van der Waals surface area contributed by atoms with Crippen molar-refractivity contribution in [2.75, 3.05) is 10.6 Å². The molecule has 0 unspecified atom stereocenters. The summed E-state index contributed by atoms with van der Waals surface area (Å²) in [6, 6.07) is 12.4. The fourth-order valence-electron chi connectivity index (χ4n) is 2.44. The molecule has 0 fully saturated rings. The molecule has 0 amide bonds. The van der Waals surface area contributed by atoms with Crippen molar-refractivity contribution in [1.29, 1.82) is 0 Å². The number of ether oxygens (including phenoxy) is 1. The van der Waals surface area contributed by atoms with Gasteiger partial charge in [0.15, 0.2) is 0 Å². The number of halogens is 2. The summed E-state index contributed by atoms with van der Waals surface area (Å²) >= 11 is 0. The molecule has 1 aromatic heterocycles. The normalized spacial score (nSPS) is 10.7. The number of benzene rings is 2. The zero-order chi connectivity index (χ0) is 19.4. The summed E-state index contributed by atoms with van der Waals surface area (Å²) in [4.78, 5) is 8.66. The number of hydrogen-bond acceptors (Lipinski definition) is 5. The first-order chi connectivity index (χ1) is 12.9. The van der Waals surface area contributed by atoms with Gasteiger partial charge in [-0.05, 0) is 57.2 Å². The first-order valence-corrected chi connectivity index (χ1v) is 8.50. The van der Waals surface area contributed by atoms with Crippen LogP contribution in [0.4, 0.5) is 31.9 Å². The largest absolute Gasteiger partial charge is 0.491 e. The van der Waals surface area contributed by atoms with E-state index < -0.39 is 11.6 Å². The molecular weight excluding hydrogens is 350 g/mol.